The molecule has 0 spiro atoms. The molecule has 0 amide bonds. The van der Waals surface area contributed by atoms with E-state index in [2.05, 4.69) is 23.0 Å². The van der Waals surface area contributed by atoms with Gasteiger partial charge in [0.2, 0.25) is 5.28 Å². The van der Waals surface area contributed by atoms with E-state index in [1.807, 2.05) is 26.0 Å². The highest BCUT2D eigenvalue weighted by atomic mass is 35.5. The standard InChI is InChI=1S/C14H15ClN2O/c1-8-5-6-11(13(18-4)10(8)3)12-7-9(2)16-14(15)17-12/h5-7H,1-4H3. The molecule has 0 saturated carbocycles. The monoisotopic (exact) mass is 262 g/mol. The molecule has 2 rings (SSSR count). The number of nitrogens with zero attached hydrogens (tertiary/aromatic N) is 2. The fourth-order valence-corrected chi connectivity index (χ4v) is 2.15. The zero-order chi connectivity index (χ0) is 13.3. The summed E-state index contributed by atoms with van der Waals surface area (Å²) >= 11 is 5.90. The molecule has 0 aliphatic heterocycles. The average molecular weight is 263 g/mol. The summed E-state index contributed by atoms with van der Waals surface area (Å²) in [6.07, 6.45) is 0. The highest BCUT2D eigenvalue weighted by Gasteiger charge is 2.12. The first kappa shape index (κ1) is 12.8. The molecule has 1 aromatic heterocycles. The molecule has 0 N–H and O–H groups in total. The van der Waals surface area contributed by atoms with Crippen LogP contribution in [0, 0.1) is 20.8 Å². The Morgan fingerprint density at radius 1 is 1.11 bits per heavy atom. The van der Waals surface area contributed by atoms with E-state index in [-0.39, 0.29) is 5.28 Å². The van der Waals surface area contributed by atoms with Crippen LogP contribution in [0.1, 0.15) is 16.8 Å². The van der Waals surface area contributed by atoms with Crippen LogP contribution in [-0.2, 0) is 0 Å². The van der Waals surface area contributed by atoms with E-state index in [0.29, 0.717) is 0 Å². The second-order valence-corrected chi connectivity index (χ2v) is 4.59. The maximum absolute atomic E-state index is 5.90. The summed E-state index contributed by atoms with van der Waals surface area (Å²) in [5, 5.41) is 0.255. The Hall–Kier alpha value is -1.61. The summed E-state index contributed by atoms with van der Waals surface area (Å²) in [5.74, 6) is 0.837. The molecule has 1 heterocycles. The number of aryl methyl sites for hydroxylation is 2. The fourth-order valence-electron chi connectivity index (χ4n) is 1.93. The second-order valence-electron chi connectivity index (χ2n) is 4.25. The van der Waals surface area contributed by atoms with E-state index in [9.17, 15) is 0 Å². The minimum Gasteiger partial charge on any atom is -0.496 e. The first-order chi connectivity index (χ1) is 8.52. The van der Waals surface area contributed by atoms with Gasteiger partial charge in [-0.15, -0.1) is 0 Å². The van der Waals surface area contributed by atoms with Gasteiger partial charge in [-0.3, -0.25) is 0 Å². The molecule has 0 fully saturated rings. The molecule has 18 heavy (non-hydrogen) atoms. The summed E-state index contributed by atoms with van der Waals surface area (Å²) in [7, 11) is 1.67. The smallest absolute Gasteiger partial charge is 0.223 e. The topological polar surface area (TPSA) is 35.0 Å². The van der Waals surface area contributed by atoms with E-state index < -0.39 is 0 Å². The molecule has 2 aromatic rings. The Balaban J connectivity index is 2.67. The van der Waals surface area contributed by atoms with Crippen LogP contribution in [0.25, 0.3) is 11.3 Å². The molecule has 0 radical (unpaired) electrons. The van der Waals surface area contributed by atoms with Gasteiger partial charge in [-0.05, 0) is 55.6 Å². The maximum atomic E-state index is 5.90. The molecular weight excluding hydrogens is 248 g/mol. The van der Waals surface area contributed by atoms with Crippen LogP contribution in [0.4, 0.5) is 0 Å². The van der Waals surface area contributed by atoms with Gasteiger partial charge in [0.15, 0.2) is 0 Å². The minimum atomic E-state index is 0.255. The Labute approximate surface area is 112 Å². The lowest BCUT2D eigenvalue weighted by molar-refractivity contribution is 0.413. The molecule has 1 aromatic carbocycles. The molecule has 4 heteroatoms. The second kappa shape index (κ2) is 4.94. The lowest BCUT2D eigenvalue weighted by Crippen LogP contribution is -1.97. The number of hydrogen-bond donors (Lipinski definition) is 0. The van der Waals surface area contributed by atoms with Gasteiger partial charge in [0.25, 0.3) is 0 Å². The summed E-state index contributed by atoms with van der Waals surface area (Å²) in [6, 6.07) is 5.95. The van der Waals surface area contributed by atoms with Crippen LogP contribution in [0.15, 0.2) is 18.2 Å². The molecule has 94 valence electrons. The van der Waals surface area contributed by atoms with Crippen molar-refractivity contribution in [1.29, 1.82) is 0 Å². The van der Waals surface area contributed by atoms with Crippen LogP contribution < -0.4 is 4.74 Å². The average Bonchev–Trinajstić information content (AvgIpc) is 2.31. The summed E-state index contributed by atoms with van der Waals surface area (Å²) in [5.41, 5.74) is 4.86. The molecule has 0 aliphatic rings. The van der Waals surface area contributed by atoms with Crippen molar-refractivity contribution in [3.8, 4) is 17.0 Å². The third-order valence-electron chi connectivity index (χ3n) is 2.98. The maximum Gasteiger partial charge on any atom is 0.223 e. The van der Waals surface area contributed by atoms with Gasteiger partial charge < -0.3 is 4.74 Å². The molecule has 0 unspecified atom stereocenters. The van der Waals surface area contributed by atoms with Gasteiger partial charge in [-0.25, -0.2) is 9.97 Å². The fraction of sp³-hybridized carbons (Fsp3) is 0.286. The van der Waals surface area contributed by atoms with E-state index in [1.54, 1.807) is 7.11 Å². The van der Waals surface area contributed by atoms with Gasteiger partial charge >= 0.3 is 0 Å². The minimum absolute atomic E-state index is 0.255. The number of benzene rings is 1. The lowest BCUT2D eigenvalue weighted by Gasteiger charge is -2.13. The van der Waals surface area contributed by atoms with Crippen molar-refractivity contribution in [1.82, 2.24) is 9.97 Å². The Bertz CT molecular complexity index is 576. The van der Waals surface area contributed by atoms with Crippen molar-refractivity contribution >= 4 is 11.6 Å². The Morgan fingerprint density at radius 2 is 1.83 bits per heavy atom. The highest BCUT2D eigenvalue weighted by Crippen LogP contribution is 2.33. The Morgan fingerprint density at radius 3 is 2.44 bits per heavy atom. The predicted molar refractivity (Wildman–Crippen MR) is 73.2 cm³/mol. The van der Waals surface area contributed by atoms with E-state index in [4.69, 9.17) is 16.3 Å². The van der Waals surface area contributed by atoms with Crippen molar-refractivity contribution in [2.45, 2.75) is 20.8 Å². The summed E-state index contributed by atoms with van der Waals surface area (Å²) in [4.78, 5) is 8.33. The number of halogens is 1. The summed E-state index contributed by atoms with van der Waals surface area (Å²) in [6.45, 7) is 5.98. The first-order valence-corrected chi connectivity index (χ1v) is 6.06. The zero-order valence-electron chi connectivity index (χ0n) is 10.9. The SMILES string of the molecule is COc1c(-c2cc(C)nc(Cl)n2)ccc(C)c1C. The van der Waals surface area contributed by atoms with Crippen LogP contribution >= 0.6 is 11.6 Å². The summed E-state index contributed by atoms with van der Waals surface area (Å²) < 4.78 is 5.49. The van der Waals surface area contributed by atoms with Crippen LogP contribution in [-0.4, -0.2) is 17.1 Å². The van der Waals surface area contributed by atoms with Gasteiger partial charge in [0.1, 0.15) is 5.75 Å². The van der Waals surface area contributed by atoms with Crippen molar-refractivity contribution in [2.75, 3.05) is 7.11 Å². The van der Waals surface area contributed by atoms with Gasteiger partial charge in [-0.1, -0.05) is 6.07 Å². The zero-order valence-corrected chi connectivity index (χ0v) is 11.7. The number of hydrogen-bond acceptors (Lipinski definition) is 3. The quantitative estimate of drug-likeness (QED) is 0.774. The van der Waals surface area contributed by atoms with Crippen molar-refractivity contribution in [3.63, 3.8) is 0 Å². The van der Waals surface area contributed by atoms with Gasteiger partial charge in [0.05, 0.1) is 12.8 Å². The number of ether oxygens (including phenoxy) is 1. The van der Waals surface area contributed by atoms with Crippen molar-refractivity contribution < 1.29 is 4.74 Å². The van der Waals surface area contributed by atoms with Crippen molar-refractivity contribution in [2.24, 2.45) is 0 Å². The Kier molecular flexibility index (Phi) is 3.53. The number of rotatable bonds is 2. The largest absolute Gasteiger partial charge is 0.496 e. The van der Waals surface area contributed by atoms with Gasteiger partial charge in [-0.2, -0.15) is 0 Å². The molecule has 3 nitrogen and oxygen atoms in total. The lowest BCUT2D eigenvalue weighted by atomic mass is 10.0. The normalized spacial score (nSPS) is 10.5. The molecule has 0 atom stereocenters. The van der Waals surface area contributed by atoms with E-state index in [0.717, 1.165) is 28.3 Å². The van der Waals surface area contributed by atoms with Crippen molar-refractivity contribution in [3.05, 3.63) is 40.3 Å². The first-order valence-electron chi connectivity index (χ1n) is 5.68. The van der Waals surface area contributed by atoms with E-state index in [1.165, 1.54) is 5.56 Å². The van der Waals surface area contributed by atoms with Crippen LogP contribution in [0.3, 0.4) is 0 Å². The predicted octanol–water partition coefficient (Wildman–Crippen LogP) is 3.73. The molecule has 0 aliphatic carbocycles. The third-order valence-corrected chi connectivity index (χ3v) is 3.15. The number of aromatic nitrogens is 2. The van der Waals surface area contributed by atoms with E-state index >= 15 is 0 Å². The molecule has 0 bridgehead atoms. The highest BCUT2D eigenvalue weighted by molar-refractivity contribution is 6.28. The third kappa shape index (κ3) is 2.31. The molecule has 0 saturated heterocycles. The van der Waals surface area contributed by atoms with Crippen LogP contribution in [0.2, 0.25) is 5.28 Å². The van der Waals surface area contributed by atoms with Gasteiger partial charge in [0, 0.05) is 11.3 Å². The molecular formula is C14H15ClN2O. The van der Waals surface area contributed by atoms with Crippen LogP contribution in [0.5, 0.6) is 5.75 Å². The number of methoxy groups -OCH3 is 1.